The fourth-order valence-electron chi connectivity index (χ4n) is 3.13. The lowest BCUT2D eigenvalue weighted by molar-refractivity contribution is -0.141. The number of piperidine rings is 1. The molecule has 0 saturated carbocycles. The zero-order chi connectivity index (χ0) is 18.0. The van der Waals surface area contributed by atoms with Gasteiger partial charge in [0.15, 0.2) is 5.69 Å². The minimum absolute atomic E-state index is 0.247. The predicted octanol–water partition coefficient (Wildman–Crippen LogP) is 3.49. The average molecular weight is 345 g/mol. The number of anilines is 1. The molecule has 1 fully saturated rings. The molecule has 1 aromatic carbocycles. The van der Waals surface area contributed by atoms with Gasteiger partial charge in [0.2, 0.25) is 0 Å². The summed E-state index contributed by atoms with van der Waals surface area (Å²) in [7, 11) is 0. The maximum atomic E-state index is 12.7. The number of nitrogens with zero attached hydrogens (tertiary/aromatic N) is 5. The summed E-state index contributed by atoms with van der Waals surface area (Å²) in [6, 6.07) is 9.79. The Morgan fingerprint density at radius 2 is 1.80 bits per heavy atom. The highest BCUT2D eigenvalue weighted by Gasteiger charge is 2.34. The summed E-state index contributed by atoms with van der Waals surface area (Å²) in [5.74, 6) is 0. The number of alkyl halides is 3. The molecule has 25 heavy (non-hydrogen) atoms. The first-order chi connectivity index (χ1) is 11.9. The van der Waals surface area contributed by atoms with Gasteiger partial charge >= 0.3 is 6.18 Å². The fourth-order valence-corrected chi connectivity index (χ4v) is 3.13. The molecular formula is C17H14F3N5. The van der Waals surface area contributed by atoms with Gasteiger partial charge in [-0.3, -0.25) is 4.68 Å². The smallest absolute Gasteiger partial charge is 0.367 e. The molecule has 1 aromatic heterocycles. The van der Waals surface area contributed by atoms with Crippen LogP contribution in [-0.2, 0) is 6.18 Å². The zero-order valence-electron chi connectivity index (χ0n) is 13.2. The normalized spacial score (nSPS) is 17.8. The van der Waals surface area contributed by atoms with Crippen molar-refractivity contribution in [3.05, 3.63) is 47.3 Å². The van der Waals surface area contributed by atoms with Gasteiger partial charge in [-0.05, 0) is 31.0 Å². The second-order valence-electron chi connectivity index (χ2n) is 5.85. The van der Waals surface area contributed by atoms with E-state index < -0.39 is 11.9 Å². The summed E-state index contributed by atoms with van der Waals surface area (Å²) in [4.78, 5) is 1.89. The third kappa shape index (κ3) is 3.29. The van der Waals surface area contributed by atoms with E-state index in [1.807, 2.05) is 4.90 Å². The van der Waals surface area contributed by atoms with Crippen molar-refractivity contribution in [3.63, 3.8) is 0 Å². The summed E-state index contributed by atoms with van der Waals surface area (Å²) in [5.41, 5.74) is 0.396. The average Bonchev–Trinajstić information content (AvgIpc) is 3.11. The second kappa shape index (κ2) is 6.48. The van der Waals surface area contributed by atoms with Crippen molar-refractivity contribution < 1.29 is 13.2 Å². The van der Waals surface area contributed by atoms with Gasteiger partial charge in [0.25, 0.3) is 0 Å². The molecule has 8 heteroatoms. The molecule has 0 bridgehead atoms. The van der Waals surface area contributed by atoms with Crippen molar-refractivity contribution in [1.29, 1.82) is 10.5 Å². The Labute approximate surface area is 142 Å². The van der Waals surface area contributed by atoms with Gasteiger partial charge in [-0.1, -0.05) is 6.07 Å². The van der Waals surface area contributed by atoms with Gasteiger partial charge in [-0.15, -0.1) is 0 Å². The standard InChI is InChI=1S/C17H14F3N5/c18-17(19,20)15-6-8-25(23-15)14-5-2-7-24(11-14)16-12(9-21)3-1-4-13(16)10-22/h1,3-4,6,8,14H,2,5,7,11H2/t14-/m0/s1. The minimum atomic E-state index is -4.47. The van der Waals surface area contributed by atoms with Crippen LogP contribution in [0.25, 0.3) is 0 Å². The van der Waals surface area contributed by atoms with Crippen LogP contribution in [0.15, 0.2) is 30.5 Å². The van der Waals surface area contributed by atoms with Crippen LogP contribution in [-0.4, -0.2) is 22.9 Å². The lowest BCUT2D eigenvalue weighted by Gasteiger charge is -2.35. The summed E-state index contributed by atoms with van der Waals surface area (Å²) in [6.07, 6.45) is -1.72. The van der Waals surface area contributed by atoms with E-state index >= 15 is 0 Å². The van der Waals surface area contributed by atoms with Crippen molar-refractivity contribution in [3.8, 4) is 12.1 Å². The SMILES string of the molecule is N#Cc1cccc(C#N)c1N1CCC[C@H](n2ccc(C(F)(F)F)n2)C1. The molecule has 1 saturated heterocycles. The minimum Gasteiger partial charge on any atom is -0.367 e. The van der Waals surface area contributed by atoms with E-state index in [-0.39, 0.29) is 6.04 Å². The van der Waals surface area contributed by atoms with Crippen LogP contribution in [0.1, 0.15) is 35.7 Å². The Kier molecular flexibility index (Phi) is 4.37. The molecule has 0 unspecified atom stereocenters. The van der Waals surface area contributed by atoms with E-state index in [1.54, 1.807) is 18.2 Å². The first kappa shape index (κ1) is 16.8. The highest BCUT2D eigenvalue weighted by Crippen LogP contribution is 2.32. The third-order valence-corrected chi connectivity index (χ3v) is 4.26. The summed E-state index contributed by atoms with van der Waals surface area (Å²) in [6.45, 7) is 1.03. The van der Waals surface area contributed by atoms with Crippen LogP contribution < -0.4 is 4.90 Å². The number of benzene rings is 1. The van der Waals surface area contributed by atoms with Crippen molar-refractivity contribution >= 4 is 5.69 Å². The molecule has 1 aliphatic heterocycles. The van der Waals surface area contributed by atoms with Crippen LogP contribution >= 0.6 is 0 Å². The Bertz CT molecular complexity index is 824. The van der Waals surface area contributed by atoms with E-state index in [0.29, 0.717) is 36.3 Å². The zero-order valence-corrected chi connectivity index (χ0v) is 13.2. The largest absolute Gasteiger partial charge is 0.435 e. The van der Waals surface area contributed by atoms with Gasteiger partial charge in [0.05, 0.1) is 22.9 Å². The van der Waals surface area contributed by atoms with Crippen LogP contribution in [0.4, 0.5) is 18.9 Å². The van der Waals surface area contributed by atoms with Crippen molar-refractivity contribution in [1.82, 2.24) is 9.78 Å². The van der Waals surface area contributed by atoms with Crippen molar-refractivity contribution in [2.24, 2.45) is 0 Å². The van der Waals surface area contributed by atoms with Gasteiger partial charge in [-0.2, -0.15) is 28.8 Å². The summed E-state index contributed by atoms with van der Waals surface area (Å²) >= 11 is 0. The van der Waals surface area contributed by atoms with Crippen LogP contribution in [0.2, 0.25) is 0 Å². The van der Waals surface area contributed by atoms with E-state index in [1.165, 1.54) is 10.9 Å². The number of rotatable bonds is 2. The lowest BCUT2D eigenvalue weighted by Crippen LogP contribution is -2.37. The fraction of sp³-hybridized carbons (Fsp3) is 0.353. The monoisotopic (exact) mass is 345 g/mol. The molecule has 0 amide bonds. The first-order valence-electron chi connectivity index (χ1n) is 7.74. The quantitative estimate of drug-likeness (QED) is 0.835. The molecule has 3 rings (SSSR count). The molecule has 128 valence electrons. The maximum absolute atomic E-state index is 12.7. The predicted molar refractivity (Wildman–Crippen MR) is 83.6 cm³/mol. The molecular weight excluding hydrogens is 331 g/mol. The third-order valence-electron chi connectivity index (χ3n) is 4.26. The molecule has 0 N–H and O–H groups in total. The van der Waals surface area contributed by atoms with Crippen molar-refractivity contribution in [2.45, 2.75) is 25.1 Å². The number of nitriles is 2. The molecule has 2 aromatic rings. The highest BCUT2D eigenvalue weighted by molar-refractivity contribution is 5.68. The Hall–Kier alpha value is -3.00. The molecule has 2 heterocycles. The van der Waals surface area contributed by atoms with Gasteiger partial charge in [-0.25, -0.2) is 0 Å². The molecule has 1 atom stereocenters. The number of halogens is 3. The first-order valence-corrected chi connectivity index (χ1v) is 7.74. The van der Waals surface area contributed by atoms with E-state index in [4.69, 9.17) is 0 Å². The molecule has 0 aliphatic carbocycles. The molecule has 0 radical (unpaired) electrons. The number of para-hydroxylation sites is 1. The van der Waals surface area contributed by atoms with E-state index in [9.17, 15) is 23.7 Å². The van der Waals surface area contributed by atoms with Crippen LogP contribution in [0.3, 0.4) is 0 Å². The number of aromatic nitrogens is 2. The summed E-state index contributed by atoms with van der Waals surface area (Å²) < 4.78 is 39.6. The lowest BCUT2D eigenvalue weighted by atomic mass is 10.0. The van der Waals surface area contributed by atoms with Crippen LogP contribution in [0, 0.1) is 22.7 Å². The van der Waals surface area contributed by atoms with Gasteiger partial charge < -0.3 is 4.90 Å². The second-order valence-corrected chi connectivity index (χ2v) is 5.85. The Morgan fingerprint density at radius 1 is 1.12 bits per heavy atom. The molecule has 1 aliphatic rings. The molecule has 0 spiro atoms. The topological polar surface area (TPSA) is 68.6 Å². The number of hydrogen-bond acceptors (Lipinski definition) is 4. The van der Waals surface area contributed by atoms with E-state index in [0.717, 1.165) is 12.5 Å². The van der Waals surface area contributed by atoms with Crippen molar-refractivity contribution in [2.75, 3.05) is 18.0 Å². The van der Waals surface area contributed by atoms with Crippen LogP contribution in [0.5, 0.6) is 0 Å². The Balaban J connectivity index is 1.89. The highest BCUT2D eigenvalue weighted by atomic mass is 19.4. The van der Waals surface area contributed by atoms with Gasteiger partial charge in [0, 0.05) is 19.3 Å². The van der Waals surface area contributed by atoms with E-state index in [2.05, 4.69) is 17.2 Å². The number of hydrogen-bond donors (Lipinski definition) is 0. The Morgan fingerprint density at radius 3 is 2.36 bits per heavy atom. The summed E-state index contributed by atoms with van der Waals surface area (Å²) in [5, 5.41) is 22.3. The molecule has 5 nitrogen and oxygen atoms in total. The maximum Gasteiger partial charge on any atom is 0.435 e. The van der Waals surface area contributed by atoms with Gasteiger partial charge in [0.1, 0.15) is 12.1 Å².